The van der Waals surface area contributed by atoms with E-state index in [4.69, 9.17) is 22.7 Å². The number of carbonyl (C=O) groups excluding carboxylic acids is 1. The quantitative estimate of drug-likeness (QED) is 0.541. The van der Waals surface area contributed by atoms with Crippen molar-refractivity contribution in [2.45, 2.75) is 51.5 Å². The summed E-state index contributed by atoms with van der Waals surface area (Å²) < 4.78 is 5.25. The highest BCUT2D eigenvalue weighted by atomic mass is 32.1. The molecule has 0 aromatic rings. The largest absolute Gasteiger partial charge is 0.392 e. The van der Waals surface area contributed by atoms with Gasteiger partial charge in [-0.2, -0.15) is 0 Å². The van der Waals surface area contributed by atoms with Crippen molar-refractivity contribution >= 4 is 23.1 Å². The summed E-state index contributed by atoms with van der Waals surface area (Å²) in [5.41, 5.74) is 5.59. The molecule has 0 heterocycles. The summed E-state index contributed by atoms with van der Waals surface area (Å²) >= 11 is 4.94. The maximum Gasteiger partial charge on any atom is 0.223 e. The van der Waals surface area contributed by atoms with Crippen LogP contribution in [0, 0.1) is 0 Å². The molecule has 104 valence electrons. The molecular formula is C13H24N2O2S. The second-order valence-electron chi connectivity index (χ2n) is 4.73. The molecule has 2 N–H and O–H groups in total. The number of thiocarbonyl (C=S) groups is 1. The van der Waals surface area contributed by atoms with Gasteiger partial charge >= 0.3 is 0 Å². The molecule has 1 amide bonds. The minimum Gasteiger partial charge on any atom is -0.392 e. The van der Waals surface area contributed by atoms with Gasteiger partial charge in [0.2, 0.25) is 5.91 Å². The molecule has 0 aromatic heterocycles. The fourth-order valence-corrected chi connectivity index (χ4v) is 2.56. The number of nitrogens with zero attached hydrogens (tertiary/aromatic N) is 1. The molecule has 0 radical (unpaired) electrons. The average Bonchev–Trinajstić information content (AvgIpc) is 2.84. The zero-order valence-corrected chi connectivity index (χ0v) is 12.0. The summed E-state index contributed by atoms with van der Waals surface area (Å²) in [6.45, 7) is 3.73. The highest BCUT2D eigenvalue weighted by Gasteiger charge is 2.26. The first-order valence-electron chi connectivity index (χ1n) is 6.80. The first kappa shape index (κ1) is 15.4. The summed E-state index contributed by atoms with van der Waals surface area (Å²) in [5, 5.41) is 0. The lowest BCUT2D eigenvalue weighted by molar-refractivity contribution is -0.132. The van der Waals surface area contributed by atoms with Gasteiger partial charge in [-0.05, 0) is 26.2 Å². The Bertz CT molecular complexity index is 278. The summed E-state index contributed by atoms with van der Waals surface area (Å²) in [4.78, 5) is 14.5. The standard InChI is InChI=1S/C13H24N2O2S/c1-2-17-9-5-8-13(16)15(10-12(14)18)11-6-3-4-7-11/h11H,2-10H2,1H3,(H2,14,18). The van der Waals surface area contributed by atoms with E-state index in [1.54, 1.807) is 0 Å². The van der Waals surface area contributed by atoms with Crippen molar-refractivity contribution < 1.29 is 9.53 Å². The monoisotopic (exact) mass is 272 g/mol. The van der Waals surface area contributed by atoms with Gasteiger partial charge in [0.15, 0.2) is 0 Å². The lowest BCUT2D eigenvalue weighted by atomic mass is 10.2. The van der Waals surface area contributed by atoms with Gasteiger partial charge in [0.05, 0.1) is 11.5 Å². The number of hydrogen-bond acceptors (Lipinski definition) is 3. The maximum absolute atomic E-state index is 12.2. The lowest BCUT2D eigenvalue weighted by Crippen LogP contribution is -2.43. The van der Waals surface area contributed by atoms with Gasteiger partial charge in [0.25, 0.3) is 0 Å². The molecule has 0 aliphatic heterocycles. The smallest absolute Gasteiger partial charge is 0.223 e. The van der Waals surface area contributed by atoms with Crippen LogP contribution in [0.2, 0.25) is 0 Å². The second-order valence-corrected chi connectivity index (χ2v) is 5.25. The molecule has 0 bridgehead atoms. The number of ether oxygens (including phenoxy) is 1. The van der Waals surface area contributed by atoms with Crippen molar-refractivity contribution in [1.82, 2.24) is 4.90 Å². The maximum atomic E-state index is 12.2. The summed E-state index contributed by atoms with van der Waals surface area (Å²) in [7, 11) is 0. The summed E-state index contributed by atoms with van der Waals surface area (Å²) in [6.07, 6.45) is 5.86. The molecule has 1 fully saturated rings. The molecule has 0 aromatic carbocycles. The number of amides is 1. The first-order chi connectivity index (χ1) is 8.65. The summed E-state index contributed by atoms with van der Waals surface area (Å²) in [5.74, 6) is 0.161. The van der Waals surface area contributed by atoms with E-state index in [1.165, 1.54) is 12.8 Å². The third-order valence-corrected chi connectivity index (χ3v) is 3.42. The molecule has 0 saturated heterocycles. The van der Waals surface area contributed by atoms with Crippen LogP contribution in [-0.4, -0.2) is 41.6 Å². The van der Waals surface area contributed by atoms with Gasteiger partial charge in [-0.3, -0.25) is 4.79 Å². The van der Waals surface area contributed by atoms with Gasteiger partial charge in [0, 0.05) is 25.7 Å². The molecule has 1 aliphatic rings. The molecule has 1 aliphatic carbocycles. The fraction of sp³-hybridized carbons (Fsp3) is 0.846. The topological polar surface area (TPSA) is 55.6 Å². The Labute approximate surface area is 115 Å². The Morgan fingerprint density at radius 2 is 2.11 bits per heavy atom. The summed E-state index contributed by atoms with van der Waals surface area (Å²) in [6, 6.07) is 0.339. The highest BCUT2D eigenvalue weighted by Crippen LogP contribution is 2.24. The van der Waals surface area contributed by atoms with Crippen molar-refractivity contribution in [2.24, 2.45) is 5.73 Å². The van der Waals surface area contributed by atoms with E-state index in [0.717, 1.165) is 19.3 Å². The Morgan fingerprint density at radius 1 is 1.44 bits per heavy atom. The van der Waals surface area contributed by atoms with Crippen LogP contribution in [0.15, 0.2) is 0 Å². The average molecular weight is 272 g/mol. The fourth-order valence-electron chi connectivity index (χ4n) is 2.42. The molecular weight excluding hydrogens is 248 g/mol. The number of rotatable bonds is 8. The molecule has 5 heteroatoms. The van der Waals surface area contributed by atoms with Crippen LogP contribution < -0.4 is 5.73 Å². The molecule has 0 atom stereocenters. The Balaban J connectivity index is 2.42. The van der Waals surface area contributed by atoms with Crippen LogP contribution in [0.3, 0.4) is 0 Å². The van der Waals surface area contributed by atoms with Gasteiger partial charge in [-0.1, -0.05) is 25.1 Å². The molecule has 4 nitrogen and oxygen atoms in total. The Hall–Kier alpha value is -0.680. The zero-order chi connectivity index (χ0) is 13.4. The van der Waals surface area contributed by atoms with Crippen molar-refractivity contribution in [3.63, 3.8) is 0 Å². The van der Waals surface area contributed by atoms with Crippen LogP contribution >= 0.6 is 12.2 Å². The van der Waals surface area contributed by atoms with Crippen LogP contribution in [0.1, 0.15) is 45.4 Å². The first-order valence-corrected chi connectivity index (χ1v) is 7.21. The Kier molecular flexibility index (Phi) is 7.20. The third-order valence-electron chi connectivity index (χ3n) is 3.30. The number of nitrogens with two attached hydrogens (primary N) is 1. The second kappa shape index (κ2) is 8.43. The van der Waals surface area contributed by atoms with Crippen LogP contribution in [0.5, 0.6) is 0 Å². The third kappa shape index (κ3) is 5.31. The van der Waals surface area contributed by atoms with Crippen LogP contribution in [-0.2, 0) is 9.53 Å². The molecule has 0 spiro atoms. The van der Waals surface area contributed by atoms with Crippen LogP contribution in [0.25, 0.3) is 0 Å². The van der Waals surface area contributed by atoms with E-state index in [9.17, 15) is 4.79 Å². The van der Waals surface area contributed by atoms with Crippen molar-refractivity contribution in [1.29, 1.82) is 0 Å². The number of hydrogen-bond donors (Lipinski definition) is 1. The van der Waals surface area contributed by atoms with Crippen molar-refractivity contribution in [3.05, 3.63) is 0 Å². The predicted molar refractivity (Wildman–Crippen MR) is 76.5 cm³/mol. The van der Waals surface area contributed by atoms with Gasteiger partial charge in [-0.25, -0.2) is 0 Å². The van der Waals surface area contributed by atoms with E-state index < -0.39 is 0 Å². The van der Waals surface area contributed by atoms with Crippen molar-refractivity contribution in [2.75, 3.05) is 19.8 Å². The lowest BCUT2D eigenvalue weighted by Gasteiger charge is -2.28. The predicted octanol–water partition coefficient (Wildman–Crippen LogP) is 1.86. The molecule has 0 unspecified atom stereocenters. The van der Waals surface area contributed by atoms with Gasteiger partial charge in [-0.15, -0.1) is 0 Å². The molecule has 1 saturated carbocycles. The van der Waals surface area contributed by atoms with E-state index in [-0.39, 0.29) is 5.91 Å². The van der Waals surface area contributed by atoms with Crippen molar-refractivity contribution in [3.8, 4) is 0 Å². The van der Waals surface area contributed by atoms with E-state index in [1.807, 2.05) is 11.8 Å². The van der Waals surface area contributed by atoms with E-state index in [0.29, 0.717) is 37.2 Å². The normalized spacial score (nSPS) is 15.8. The minimum atomic E-state index is 0.161. The zero-order valence-electron chi connectivity index (χ0n) is 11.2. The SMILES string of the molecule is CCOCCCC(=O)N(CC(N)=S)C1CCCC1. The minimum absolute atomic E-state index is 0.161. The molecule has 18 heavy (non-hydrogen) atoms. The van der Waals surface area contributed by atoms with Crippen LogP contribution in [0.4, 0.5) is 0 Å². The van der Waals surface area contributed by atoms with Gasteiger partial charge < -0.3 is 15.4 Å². The molecule has 1 rings (SSSR count). The number of carbonyl (C=O) groups is 1. The van der Waals surface area contributed by atoms with E-state index in [2.05, 4.69) is 0 Å². The highest BCUT2D eigenvalue weighted by molar-refractivity contribution is 7.80. The Morgan fingerprint density at radius 3 is 2.67 bits per heavy atom. The van der Waals surface area contributed by atoms with Gasteiger partial charge in [0.1, 0.15) is 0 Å². The van der Waals surface area contributed by atoms with E-state index >= 15 is 0 Å².